The van der Waals surface area contributed by atoms with Gasteiger partial charge in [-0.05, 0) is 135 Å². The average Bonchev–Trinajstić information content (AvgIpc) is 3.50. The normalized spacial score (nSPS) is 32.6. The summed E-state index contributed by atoms with van der Waals surface area (Å²) in [6.45, 7) is 18.7. The lowest BCUT2D eigenvalue weighted by molar-refractivity contribution is -0.155. The number of carbonyl (C=O) groups is 3. The number of hydrazine groups is 1. The van der Waals surface area contributed by atoms with E-state index < -0.39 is 5.41 Å². The molecule has 0 aromatic heterocycles. The summed E-state index contributed by atoms with van der Waals surface area (Å²) in [5.41, 5.74) is 5.22. The van der Waals surface area contributed by atoms with Crippen LogP contribution in [0.4, 0.5) is 0 Å². The first-order valence-corrected chi connectivity index (χ1v) is 20.5. The van der Waals surface area contributed by atoms with E-state index in [0.29, 0.717) is 29.6 Å². The molecule has 3 fully saturated rings. The SMILES string of the molecule is CC(CCC1(C)C(C)CCC2(C)C3CCC4(/C(=C/C=O)N(C)N(C)Cc5ccc(Cl)cc5)CCC(C(C)C)=C4C3CCC12)OC(=O)CC(C)(C)C=O. The highest BCUT2D eigenvalue weighted by Gasteiger charge is 2.63. The molecule has 4 aliphatic rings. The van der Waals surface area contributed by atoms with Crippen molar-refractivity contribution < 1.29 is 19.1 Å². The van der Waals surface area contributed by atoms with E-state index in [4.69, 9.17) is 16.3 Å². The van der Waals surface area contributed by atoms with Crippen molar-refractivity contribution in [2.24, 2.45) is 51.2 Å². The Labute approximate surface area is 320 Å². The number of rotatable bonds is 14. The topological polar surface area (TPSA) is 66.9 Å². The number of fused-ring (bicyclic) bond motifs is 5. The molecule has 6 nitrogen and oxygen atoms in total. The van der Waals surface area contributed by atoms with Crippen molar-refractivity contribution in [1.82, 2.24) is 10.0 Å². The fraction of sp³-hybridized carbons (Fsp3) is 0.711. The summed E-state index contributed by atoms with van der Waals surface area (Å²) in [7, 11) is 4.27. The van der Waals surface area contributed by atoms with Crippen molar-refractivity contribution in [2.45, 2.75) is 139 Å². The van der Waals surface area contributed by atoms with Crippen molar-refractivity contribution in [1.29, 1.82) is 0 Å². The first-order chi connectivity index (χ1) is 24.4. The Morgan fingerprint density at radius 3 is 2.35 bits per heavy atom. The van der Waals surface area contributed by atoms with Gasteiger partial charge < -0.3 is 14.5 Å². The molecule has 8 unspecified atom stereocenters. The summed E-state index contributed by atoms with van der Waals surface area (Å²) >= 11 is 6.20. The Bertz CT molecular complexity index is 1530. The third-order valence-corrected chi connectivity index (χ3v) is 15.1. The molecule has 52 heavy (non-hydrogen) atoms. The zero-order chi connectivity index (χ0) is 38.2. The van der Waals surface area contributed by atoms with E-state index in [-0.39, 0.29) is 34.7 Å². The second-order valence-corrected chi connectivity index (χ2v) is 19.2. The predicted molar refractivity (Wildman–Crippen MR) is 211 cm³/mol. The van der Waals surface area contributed by atoms with E-state index in [1.807, 2.05) is 25.1 Å². The molecular weight excluding hydrogens is 668 g/mol. The lowest BCUT2D eigenvalue weighted by Gasteiger charge is -2.65. The van der Waals surface area contributed by atoms with Gasteiger partial charge in [-0.2, -0.15) is 0 Å². The zero-order valence-corrected chi connectivity index (χ0v) is 34.7. The standard InChI is InChI=1S/C45H67ClN2O4/c1-30(2)35-19-24-45(39(21-26-49)48(10)47(9)28-33-11-13-34(46)14-12-33)25-20-37-36(41(35)45)15-16-38-43(7,31(3)17-22-44(37,38)8)23-18-32(4)52-40(51)27-42(5,6)29-50/h11-14,21,26,29-32,36-38H,15-20,22-25,27-28H2,1-10H3/b39-21-. The smallest absolute Gasteiger partial charge is 0.307 e. The highest BCUT2D eigenvalue weighted by molar-refractivity contribution is 6.30. The van der Waals surface area contributed by atoms with Crippen molar-refractivity contribution in [3.05, 3.63) is 57.8 Å². The molecule has 4 aliphatic carbocycles. The summed E-state index contributed by atoms with van der Waals surface area (Å²) < 4.78 is 5.87. The molecule has 3 saturated carbocycles. The van der Waals surface area contributed by atoms with Gasteiger partial charge in [-0.15, -0.1) is 0 Å². The van der Waals surface area contributed by atoms with Crippen LogP contribution in [0.2, 0.25) is 5.02 Å². The van der Waals surface area contributed by atoms with Gasteiger partial charge in [0, 0.05) is 42.2 Å². The van der Waals surface area contributed by atoms with Crippen molar-refractivity contribution in [3.8, 4) is 0 Å². The number of hydrogen-bond acceptors (Lipinski definition) is 6. The van der Waals surface area contributed by atoms with Gasteiger partial charge in [0.1, 0.15) is 12.6 Å². The molecule has 1 aromatic rings. The molecule has 1 aromatic carbocycles. The summed E-state index contributed by atoms with van der Waals surface area (Å²) in [4.78, 5) is 36.6. The molecule has 288 valence electrons. The minimum atomic E-state index is -0.699. The Balaban J connectivity index is 1.41. The van der Waals surface area contributed by atoms with Crippen molar-refractivity contribution >= 4 is 30.1 Å². The Morgan fingerprint density at radius 2 is 1.71 bits per heavy atom. The average molecular weight is 735 g/mol. The van der Waals surface area contributed by atoms with E-state index in [9.17, 15) is 14.4 Å². The summed E-state index contributed by atoms with van der Waals surface area (Å²) in [6.07, 6.45) is 14.9. The van der Waals surface area contributed by atoms with Gasteiger partial charge in [-0.25, -0.2) is 5.01 Å². The van der Waals surface area contributed by atoms with Crippen LogP contribution in [0.25, 0.3) is 0 Å². The largest absolute Gasteiger partial charge is 0.463 e. The number of allylic oxidation sites excluding steroid dienone is 3. The molecule has 5 rings (SSSR count). The van der Waals surface area contributed by atoms with Gasteiger partial charge in [-0.1, -0.05) is 83.3 Å². The summed E-state index contributed by atoms with van der Waals surface area (Å²) in [5.74, 6) is 2.55. The first-order valence-electron chi connectivity index (χ1n) is 20.2. The Hall–Kier alpha value is -2.44. The van der Waals surface area contributed by atoms with Crippen LogP contribution < -0.4 is 0 Å². The van der Waals surface area contributed by atoms with E-state index >= 15 is 0 Å². The minimum Gasteiger partial charge on any atom is -0.463 e. The Morgan fingerprint density at radius 1 is 1.02 bits per heavy atom. The minimum absolute atomic E-state index is 0.117. The van der Waals surface area contributed by atoms with Gasteiger partial charge in [0.2, 0.25) is 0 Å². The highest BCUT2D eigenvalue weighted by atomic mass is 35.5. The van der Waals surface area contributed by atoms with Crippen LogP contribution in [0.5, 0.6) is 0 Å². The number of esters is 1. The molecule has 0 N–H and O–H groups in total. The second kappa shape index (κ2) is 15.7. The third kappa shape index (κ3) is 7.72. The molecule has 0 spiro atoms. The van der Waals surface area contributed by atoms with Crippen LogP contribution in [-0.4, -0.2) is 48.8 Å². The molecule has 0 heterocycles. The number of ether oxygens (including phenoxy) is 1. The maximum Gasteiger partial charge on any atom is 0.307 e. The van der Waals surface area contributed by atoms with E-state index in [1.165, 1.54) is 37.7 Å². The number of hydrogen-bond donors (Lipinski definition) is 0. The summed E-state index contributed by atoms with van der Waals surface area (Å²) in [6, 6.07) is 8.06. The number of nitrogens with zero attached hydrogens (tertiary/aromatic N) is 2. The molecule has 8 atom stereocenters. The maximum atomic E-state index is 12.7. The van der Waals surface area contributed by atoms with Crippen LogP contribution in [-0.2, 0) is 25.7 Å². The predicted octanol–water partition coefficient (Wildman–Crippen LogP) is 10.6. The molecule has 0 aliphatic heterocycles. The van der Waals surface area contributed by atoms with Gasteiger partial charge >= 0.3 is 5.97 Å². The Kier molecular flexibility index (Phi) is 12.3. The molecule has 7 heteroatoms. The van der Waals surface area contributed by atoms with Crippen LogP contribution in [0.3, 0.4) is 0 Å². The first kappa shape index (κ1) is 40.7. The molecule has 0 saturated heterocycles. The number of carbonyl (C=O) groups excluding carboxylic acids is 3. The summed E-state index contributed by atoms with van der Waals surface area (Å²) in [5, 5.41) is 5.26. The fourth-order valence-corrected chi connectivity index (χ4v) is 11.9. The van der Waals surface area contributed by atoms with Gasteiger partial charge in [0.25, 0.3) is 0 Å². The van der Waals surface area contributed by atoms with Crippen molar-refractivity contribution in [3.63, 3.8) is 0 Å². The molecule has 0 radical (unpaired) electrons. The number of benzene rings is 1. The number of halogens is 1. The van der Waals surface area contributed by atoms with Gasteiger partial charge in [0.15, 0.2) is 0 Å². The quantitative estimate of drug-likeness (QED) is 0.0623. The maximum absolute atomic E-state index is 12.7. The number of aldehydes is 2. The molecular formula is C45H67ClN2O4. The molecule has 0 amide bonds. The third-order valence-electron chi connectivity index (χ3n) is 14.8. The van der Waals surface area contributed by atoms with Crippen LogP contribution in [0, 0.1) is 51.2 Å². The molecule has 0 bridgehead atoms. The van der Waals surface area contributed by atoms with Gasteiger partial charge in [-0.3, -0.25) is 9.59 Å². The lowest BCUT2D eigenvalue weighted by Crippen LogP contribution is -2.58. The van der Waals surface area contributed by atoms with Crippen LogP contribution >= 0.6 is 11.6 Å². The van der Waals surface area contributed by atoms with Crippen molar-refractivity contribution in [2.75, 3.05) is 14.1 Å². The van der Waals surface area contributed by atoms with E-state index in [0.717, 1.165) is 61.9 Å². The van der Waals surface area contributed by atoms with E-state index in [2.05, 4.69) is 70.9 Å². The van der Waals surface area contributed by atoms with Gasteiger partial charge in [0.05, 0.1) is 12.5 Å². The zero-order valence-electron chi connectivity index (χ0n) is 33.9. The van der Waals surface area contributed by atoms with Crippen LogP contribution in [0.15, 0.2) is 47.2 Å². The van der Waals surface area contributed by atoms with Crippen LogP contribution in [0.1, 0.15) is 132 Å². The highest BCUT2D eigenvalue weighted by Crippen LogP contribution is 2.71. The lowest BCUT2D eigenvalue weighted by atomic mass is 9.40. The second-order valence-electron chi connectivity index (χ2n) is 18.8. The monoisotopic (exact) mass is 734 g/mol. The fourth-order valence-electron chi connectivity index (χ4n) is 11.7. The van der Waals surface area contributed by atoms with E-state index in [1.54, 1.807) is 25.0 Å².